The lowest BCUT2D eigenvalue weighted by Crippen LogP contribution is -2.00. The fourth-order valence-corrected chi connectivity index (χ4v) is 2.08. The van der Waals surface area contributed by atoms with Crippen molar-refractivity contribution in [3.63, 3.8) is 0 Å². The molecule has 3 aromatic heterocycles. The fraction of sp³-hybridized carbons (Fsp3) is 0.143. The molecule has 0 radical (unpaired) electrons. The standard InChI is InChI=1S/C7H7N7S/c8-5-1-10-13(2-5)3-6-12-14-4-9-11-7(14)15-6/h1-2,4H,3,8H2. The first-order chi connectivity index (χ1) is 7.31. The molecular formula is C7H7N7S. The van der Waals surface area contributed by atoms with Gasteiger partial charge in [-0.25, -0.2) is 0 Å². The van der Waals surface area contributed by atoms with Crippen LogP contribution in [-0.4, -0.2) is 29.6 Å². The molecule has 15 heavy (non-hydrogen) atoms. The van der Waals surface area contributed by atoms with Gasteiger partial charge in [-0.2, -0.15) is 14.7 Å². The van der Waals surface area contributed by atoms with Gasteiger partial charge < -0.3 is 5.73 Å². The molecule has 7 nitrogen and oxygen atoms in total. The molecule has 76 valence electrons. The van der Waals surface area contributed by atoms with E-state index in [1.807, 2.05) is 0 Å². The first-order valence-corrected chi connectivity index (χ1v) is 5.06. The summed E-state index contributed by atoms with van der Waals surface area (Å²) < 4.78 is 3.38. The third-order valence-corrected chi connectivity index (χ3v) is 2.78. The van der Waals surface area contributed by atoms with Crippen LogP contribution in [0.15, 0.2) is 18.7 Å². The fourth-order valence-electron chi connectivity index (χ4n) is 1.27. The topological polar surface area (TPSA) is 86.9 Å². The zero-order valence-electron chi connectivity index (χ0n) is 7.61. The Labute approximate surface area is 88.2 Å². The van der Waals surface area contributed by atoms with Gasteiger partial charge in [0.15, 0.2) is 0 Å². The second-order valence-electron chi connectivity index (χ2n) is 3.03. The SMILES string of the molecule is Nc1cnn(Cc2nn3cnnc3s2)c1. The lowest BCUT2D eigenvalue weighted by molar-refractivity contribution is 0.673. The first kappa shape index (κ1) is 8.36. The van der Waals surface area contributed by atoms with Gasteiger partial charge in [0.25, 0.3) is 0 Å². The van der Waals surface area contributed by atoms with Crippen molar-refractivity contribution in [2.45, 2.75) is 6.54 Å². The van der Waals surface area contributed by atoms with Gasteiger partial charge in [-0.05, 0) is 0 Å². The minimum atomic E-state index is 0.602. The minimum Gasteiger partial charge on any atom is -0.396 e. The molecule has 0 aliphatic rings. The maximum absolute atomic E-state index is 5.56. The van der Waals surface area contributed by atoms with Crippen molar-refractivity contribution >= 4 is 22.0 Å². The van der Waals surface area contributed by atoms with Crippen LogP contribution in [0.5, 0.6) is 0 Å². The average molecular weight is 221 g/mol. The number of hydrogen-bond donors (Lipinski definition) is 1. The molecule has 0 saturated carbocycles. The number of aromatic nitrogens is 6. The second-order valence-corrected chi connectivity index (χ2v) is 4.07. The van der Waals surface area contributed by atoms with Crippen LogP contribution in [0.3, 0.4) is 0 Å². The van der Waals surface area contributed by atoms with E-state index in [4.69, 9.17) is 5.73 Å². The van der Waals surface area contributed by atoms with E-state index >= 15 is 0 Å². The van der Waals surface area contributed by atoms with Gasteiger partial charge in [-0.3, -0.25) is 4.68 Å². The second kappa shape index (κ2) is 3.02. The van der Waals surface area contributed by atoms with E-state index in [1.165, 1.54) is 11.3 Å². The minimum absolute atomic E-state index is 0.602. The number of nitrogen functional groups attached to an aromatic ring is 1. The third kappa shape index (κ3) is 1.44. The molecule has 0 saturated heterocycles. The van der Waals surface area contributed by atoms with Gasteiger partial charge in [0.05, 0.1) is 18.4 Å². The molecule has 2 N–H and O–H groups in total. The summed E-state index contributed by atoms with van der Waals surface area (Å²) in [5.41, 5.74) is 6.21. The van der Waals surface area contributed by atoms with E-state index in [0.717, 1.165) is 9.97 Å². The maximum Gasteiger partial charge on any atom is 0.234 e. The number of anilines is 1. The molecular weight excluding hydrogens is 214 g/mol. The summed E-state index contributed by atoms with van der Waals surface area (Å²) in [4.78, 5) is 0.783. The smallest absolute Gasteiger partial charge is 0.234 e. The Morgan fingerprint density at radius 2 is 2.40 bits per heavy atom. The number of fused-ring (bicyclic) bond motifs is 1. The first-order valence-electron chi connectivity index (χ1n) is 4.25. The summed E-state index contributed by atoms with van der Waals surface area (Å²) in [7, 11) is 0. The van der Waals surface area contributed by atoms with Gasteiger partial charge >= 0.3 is 0 Å². The summed E-state index contributed by atoms with van der Waals surface area (Å²) in [6, 6.07) is 0. The highest BCUT2D eigenvalue weighted by molar-refractivity contribution is 7.16. The Kier molecular flexibility index (Phi) is 1.68. The molecule has 0 fully saturated rings. The lowest BCUT2D eigenvalue weighted by atomic mass is 10.6. The molecule has 0 bridgehead atoms. The van der Waals surface area contributed by atoms with E-state index < -0.39 is 0 Å². The summed E-state index contributed by atoms with van der Waals surface area (Å²) in [5.74, 6) is 0. The molecule has 3 rings (SSSR count). The van der Waals surface area contributed by atoms with Crippen LogP contribution in [0.25, 0.3) is 4.96 Å². The Hall–Kier alpha value is -1.96. The molecule has 3 aromatic rings. The zero-order valence-corrected chi connectivity index (χ0v) is 8.42. The quantitative estimate of drug-likeness (QED) is 0.658. The van der Waals surface area contributed by atoms with Crippen LogP contribution >= 0.6 is 11.3 Å². The van der Waals surface area contributed by atoms with E-state index in [2.05, 4.69) is 20.4 Å². The Morgan fingerprint density at radius 1 is 1.47 bits per heavy atom. The van der Waals surface area contributed by atoms with Gasteiger partial charge in [0, 0.05) is 6.20 Å². The Morgan fingerprint density at radius 3 is 3.13 bits per heavy atom. The highest BCUT2D eigenvalue weighted by atomic mass is 32.1. The van der Waals surface area contributed by atoms with Crippen molar-refractivity contribution in [3.05, 3.63) is 23.7 Å². The maximum atomic E-state index is 5.56. The predicted molar refractivity (Wildman–Crippen MR) is 54.4 cm³/mol. The van der Waals surface area contributed by atoms with E-state index in [0.29, 0.717) is 12.2 Å². The van der Waals surface area contributed by atoms with Crippen molar-refractivity contribution in [2.24, 2.45) is 0 Å². The summed E-state index contributed by atoms with van der Waals surface area (Å²) in [5, 5.41) is 16.9. The highest BCUT2D eigenvalue weighted by Gasteiger charge is 2.06. The van der Waals surface area contributed by atoms with Crippen LogP contribution in [0.2, 0.25) is 0 Å². The van der Waals surface area contributed by atoms with Crippen molar-refractivity contribution in [1.29, 1.82) is 0 Å². The molecule has 0 spiro atoms. The largest absolute Gasteiger partial charge is 0.396 e. The zero-order chi connectivity index (χ0) is 10.3. The third-order valence-electron chi connectivity index (χ3n) is 1.88. The monoisotopic (exact) mass is 221 g/mol. The molecule has 0 atom stereocenters. The molecule has 0 aromatic carbocycles. The Bertz CT molecular complexity index is 563. The van der Waals surface area contributed by atoms with Gasteiger partial charge in [-0.15, -0.1) is 10.2 Å². The van der Waals surface area contributed by atoms with Crippen molar-refractivity contribution < 1.29 is 0 Å². The normalized spacial score (nSPS) is 11.2. The lowest BCUT2D eigenvalue weighted by Gasteiger charge is -1.94. The summed E-state index contributed by atoms with van der Waals surface area (Å²) >= 11 is 1.48. The number of nitrogens with zero attached hydrogens (tertiary/aromatic N) is 6. The van der Waals surface area contributed by atoms with Crippen molar-refractivity contribution in [3.8, 4) is 0 Å². The Balaban J connectivity index is 1.92. The van der Waals surface area contributed by atoms with Crippen LogP contribution in [-0.2, 0) is 6.54 Å². The molecule has 0 aliphatic carbocycles. The molecule has 8 heteroatoms. The van der Waals surface area contributed by atoms with E-state index in [-0.39, 0.29) is 0 Å². The van der Waals surface area contributed by atoms with Gasteiger partial charge in [0.2, 0.25) is 4.96 Å². The number of nitrogens with two attached hydrogens (primary N) is 1. The van der Waals surface area contributed by atoms with Crippen molar-refractivity contribution in [1.82, 2.24) is 29.6 Å². The van der Waals surface area contributed by atoms with Crippen LogP contribution in [0.4, 0.5) is 5.69 Å². The van der Waals surface area contributed by atoms with E-state index in [9.17, 15) is 0 Å². The average Bonchev–Trinajstić information content (AvgIpc) is 2.81. The van der Waals surface area contributed by atoms with Crippen LogP contribution in [0, 0.1) is 0 Å². The highest BCUT2D eigenvalue weighted by Crippen LogP contribution is 2.12. The number of rotatable bonds is 2. The molecule has 0 aliphatic heterocycles. The van der Waals surface area contributed by atoms with Gasteiger partial charge in [-0.1, -0.05) is 11.3 Å². The molecule has 0 unspecified atom stereocenters. The number of hydrogen-bond acceptors (Lipinski definition) is 6. The predicted octanol–water partition coefficient (Wildman–Crippen LogP) is 0.0128. The van der Waals surface area contributed by atoms with E-state index in [1.54, 1.807) is 27.9 Å². The molecule has 3 heterocycles. The summed E-state index contributed by atoms with van der Waals surface area (Å²) in [6.45, 7) is 0.602. The summed E-state index contributed by atoms with van der Waals surface area (Å²) in [6.07, 6.45) is 4.95. The van der Waals surface area contributed by atoms with Crippen molar-refractivity contribution in [2.75, 3.05) is 5.73 Å². The van der Waals surface area contributed by atoms with Gasteiger partial charge in [0.1, 0.15) is 11.3 Å². The van der Waals surface area contributed by atoms with Crippen LogP contribution < -0.4 is 5.73 Å². The van der Waals surface area contributed by atoms with Crippen LogP contribution in [0.1, 0.15) is 5.01 Å². The molecule has 0 amide bonds.